The average molecular weight is 304 g/mol. The van der Waals surface area contributed by atoms with Crippen LogP contribution in [0.3, 0.4) is 0 Å². The Bertz CT molecular complexity index is 456. The van der Waals surface area contributed by atoms with Gasteiger partial charge in [-0.15, -0.1) is 0 Å². The number of unbranched alkanes of at least 4 members (excludes halogenated alkanes) is 3. The summed E-state index contributed by atoms with van der Waals surface area (Å²) in [4.78, 5) is 11.7. The molecule has 3 N–H and O–H groups in total. The zero-order chi connectivity index (χ0) is 15.7. The van der Waals surface area contributed by atoms with Gasteiger partial charge >= 0.3 is 6.61 Å². The monoisotopic (exact) mass is 304 g/mol. The molecule has 0 radical (unpaired) electrons. The number of rotatable bonds is 9. The zero-order valence-electron chi connectivity index (χ0n) is 11.6. The van der Waals surface area contributed by atoms with Crippen LogP contribution in [0.25, 0.3) is 0 Å². The van der Waals surface area contributed by atoms with Crippen LogP contribution < -0.4 is 15.8 Å². The Morgan fingerprint density at radius 3 is 2.62 bits per heavy atom. The summed E-state index contributed by atoms with van der Waals surface area (Å²) < 4.78 is 41.6. The minimum Gasteiger partial charge on any atom is -0.432 e. The van der Waals surface area contributed by atoms with Crippen molar-refractivity contribution in [3.8, 4) is 5.75 Å². The van der Waals surface area contributed by atoms with E-state index >= 15 is 0 Å². The Morgan fingerprint density at radius 2 is 1.95 bits per heavy atom. The second-order valence-electron chi connectivity index (χ2n) is 4.52. The van der Waals surface area contributed by atoms with Crippen molar-refractivity contribution in [1.29, 1.82) is 0 Å². The molecule has 118 valence electrons. The number of amides is 1. The molecule has 0 heterocycles. The van der Waals surface area contributed by atoms with Crippen LogP contribution in [0.15, 0.2) is 18.2 Å². The molecule has 1 aromatic rings. The van der Waals surface area contributed by atoms with Gasteiger partial charge in [-0.05, 0) is 31.5 Å². The van der Waals surface area contributed by atoms with Gasteiger partial charge in [0.15, 0.2) is 5.75 Å². The second-order valence-corrected chi connectivity index (χ2v) is 4.52. The molecule has 0 aliphatic heterocycles. The lowest BCUT2D eigenvalue weighted by atomic mass is 10.1. The highest BCUT2D eigenvalue weighted by Gasteiger charge is 2.13. The number of hydrogen-bond donors (Lipinski definition) is 2. The molecule has 0 aliphatic rings. The number of benzene rings is 1. The molecule has 0 saturated carbocycles. The number of nitrogens with one attached hydrogen (secondary N) is 1. The van der Waals surface area contributed by atoms with Gasteiger partial charge in [0.2, 0.25) is 5.91 Å². The maximum atomic E-state index is 13.0. The molecule has 1 aromatic carbocycles. The quantitative estimate of drug-likeness (QED) is 0.688. The lowest BCUT2D eigenvalue weighted by Gasteiger charge is -2.12. The van der Waals surface area contributed by atoms with Gasteiger partial charge < -0.3 is 15.8 Å². The third-order valence-corrected chi connectivity index (χ3v) is 2.79. The fraction of sp³-hybridized carbons (Fsp3) is 0.500. The van der Waals surface area contributed by atoms with E-state index in [1.165, 1.54) is 6.07 Å². The predicted molar refractivity (Wildman–Crippen MR) is 73.8 cm³/mol. The first-order chi connectivity index (χ1) is 10.0. The summed E-state index contributed by atoms with van der Waals surface area (Å²) in [7, 11) is 0. The first kappa shape index (κ1) is 17.3. The van der Waals surface area contributed by atoms with E-state index < -0.39 is 12.4 Å². The predicted octanol–water partition coefficient (Wildman–Crippen LogP) is 3.27. The molecule has 0 saturated heterocycles. The van der Waals surface area contributed by atoms with Crippen LogP contribution in [0.1, 0.15) is 32.1 Å². The highest BCUT2D eigenvalue weighted by atomic mass is 19.3. The maximum Gasteiger partial charge on any atom is 0.387 e. The molecule has 0 aliphatic carbocycles. The molecule has 0 fully saturated rings. The first-order valence-electron chi connectivity index (χ1n) is 6.77. The normalized spacial score (nSPS) is 10.7. The Kier molecular flexibility index (Phi) is 7.60. The molecule has 4 nitrogen and oxygen atoms in total. The minimum atomic E-state index is -3.08. The fourth-order valence-electron chi connectivity index (χ4n) is 1.79. The number of carbonyl (C=O) groups is 1. The molecule has 21 heavy (non-hydrogen) atoms. The van der Waals surface area contributed by atoms with Crippen molar-refractivity contribution in [3.63, 3.8) is 0 Å². The number of hydrogen-bond acceptors (Lipinski definition) is 3. The van der Waals surface area contributed by atoms with Crippen LogP contribution in [0.2, 0.25) is 0 Å². The largest absolute Gasteiger partial charge is 0.432 e. The van der Waals surface area contributed by atoms with E-state index in [9.17, 15) is 18.0 Å². The van der Waals surface area contributed by atoms with Gasteiger partial charge in [-0.3, -0.25) is 4.79 Å². The topological polar surface area (TPSA) is 64.4 Å². The molecule has 0 atom stereocenters. The Morgan fingerprint density at radius 1 is 1.24 bits per heavy atom. The number of ether oxygens (including phenoxy) is 1. The molecule has 0 aromatic heterocycles. The van der Waals surface area contributed by atoms with Gasteiger partial charge in [-0.25, -0.2) is 4.39 Å². The van der Waals surface area contributed by atoms with Crippen molar-refractivity contribution in [1.82, 2.24) is 0 Å². The van der Waals surface area contributed by atoms with Gasteiger partial charge in [0.1, 0.15) is 5.82 Å². The van der Waals surface area contributed by atoms with Crippen molar-refractivity contribution in [3.05, 3.63) is 24.0 Å². The summed E-state index contributed by atoms with van der Waals surface area (Å²) in [6.07, 6.45) is 3.66. The molecule has 0 bridgehead atoms. The van der Waals surface area contributed by atoms with Crippen LogP contribution in [-0.4, -0.2) is 19.1 Å². The van der Waals surface area contributed by atoms with Crippen LogP contribution >= 0.6 is 0 Å². The summed E-state index contributed by atoms with van der Waals surface area (Å²) in [6.45, 7) is -2.46. The second kappa shape index (κ2) is 9.23. The van der Waals surface area contributed by atoms with Crippen LogP contribution in [0, 0.1) is 5.82 Å². The van der Waals surface area contributed by atoms with Crippen molar-refractivity contribution >= 4 is 11.6 Å². The van der Waals surface area contributed by atoms with Gasteiger partial charge in [0.25, 0.3) is 0 Å². The summed E-state index contributed by atoms with van der Waals surface area (Å²) >= 11 is 0. The SMILES string of the molecule is NCCCCCCC(=O)Nc1ccc(F)cc1OC(F)F. The van der Waals surface area contributed by atoms with Crippen LogP contribution in [0.5, 0.6) is 5.75 Å². The minimum absolute atomic E-state index is 0.0312. The van der Waals surface area contributed by atoms with Gasteiger partial charge in [-0.1, -0.05) is 12.8 Å². The van der Waals surface area contributed by atoms with E-state index in [4.69, 9.17) is 5.73 Å². The third-order valence-electron chi connectivity index (χ3n) is 2.79. The maximum absolute atomic E-state index is 13.0. The Labute approximate surface area is 121 Å². The third kappa shape index (κ3) is 6.99. The Hall–Kier alpha value is -1.76. The zero-order valence-corrected chi connectivity index (χ0v) is 11.6. The van der Waals surface area contributed by atoms with Gasteiger partial charge in [0.05, 0.1) is 5.69 Å². The van der Waals surface area contributed by atoms with Gasteiger partial charge in [-0.2, -0.15) is 8.78 Å². The summed E-state index contributed by atoms with van der Waals surface area (Å²) in [5, 5.41) is 2.45. The summed E-state index contributed by atoms with van der Waals surface area (Å²) in [5.74, 6) is -1.43. The van der Waals surface area contributed by atoms with Crippen molar-refractivity contribution in [2.24, 2.45) is 5.73 Å². The number of nitrogens with two attached hydrogens (primary N) is 1. The van der Waals surface area contributed by atoms with E-state index in [0.29, 0.717) is 13.0 Å². The van der Waals surface area contributed by atoms with E-state index in [1.54, 1.807) is 0 Å². The molecule has 1 rings (SSSR count). The molecular formula is C14H19F3N2O2. The van der Waals surface area contributed by atoms with Gasteiger partial charge in [0, 0.05) is 12.5 Å². The first-order valence-corrected chi connectivity index (χ1v) is 6.77. The fourth-order valence-corrected chi connectivity index (χ4v) is 1.79. The van der Waals surface area contributed by atoms with Crippen LogP contribution in [-0.2, 0) is 4.79 Å². The average Bonchev–Trinajstić information content (AvgIpc) is 2.41. The molecule has 1 amide bonds. The number of halogens is 3. The number of alkyl halides is 2. The smallest absolute Gasteiger partial charge is 0.387 e. The molecule has 7 heteroatoms. The highest BCUT2D eigenvalue weighted by Crippen LogP contribution is 2.27. The van der Waals surface area contributed by atoms with Crippen LogP contribution in [0.4, 0.5) is 18.9 Å². The van der Waals surface area contributed by atoms with Crippen molar-refractivity contribution < 1.29 is 22.7 Å². The molecule has 0 unspecified atom stereocenters. The van der Waals surface area contributed by atoms with Crippen molar-refractivity contribution in [2.75, 3.05) is 11.9 Å². The molecular weight excluding hydrogens is 285 g/mol. The Balaban J connectivity index is 2.51. The van der Waals surface area contributed by atoms with E-state index in [1.807, 2.05) is 0 Å². The lowest BCUT2D eigenvalue weighted by Crippen LogP contribution is -2.13. The van der Waals surface area contributed by atoms with E-state index in [0.717, 1.165) is 31.4 Å². The number of anilines is 1. The standard InChI is InChI=1S/C14H19F3N2O2/c15-10-6-7-11(12(9-10)21-14(16)17)19-13(20)5-3-1-2-4-8-18/h6-7,9,14H,1-5,8,18H2,(H,19,20). The molecule has 0 spiro atoms. The van der Waals surface area contributed by atoms with Crippen molar-refractivity contribution in [2.45, 2.75) is 38.7 Å². The summed E-state index contributed by atoms with van der Waals surface area (Å²) in [6, 6.07) is 3.07. The number of carbonyl (C=O) groups excluding carboxylic acids is 1. The lowest BCUT2D eigenvalue weighted by molar-refractivity contribution is -0.116. The highest BCUT2D eigenvalue weighted by molar-refractivity contribution is 5.92. The van der Waals surface area contributed by atoms with E-state index in [2.05, 4.69) is 10.1 Å². The van der Waals surface area contributed by atoms with E-state index in [-0.39, 0.29) is 23.8 Å². The summed E-state index contributed by atoms with van der Waals surface area (Å²) in [5.41, 5.74) is 5.39.